The molecule has 0 saturated carbocycles. The first-order valence-electron chi connectivity index (χ1n) is 5.30. The van der Waals surface area contributed by atoms with Gasteiger partial charge in [0.2, 0.25) is 5.16 Å². The zero-order valence-electron chi connectivity index (χ0n) is 9.54. The lowest BCUT2D eigenvalue weighted by Crippen LogP contribution is -1.95. The van der Waals surface area contributed by atoms with Crippen LogP contribution in [0.1, 0.15) is 0 Å². The highest BCUT2D eigenvalue weighted by Gasteiger charge is 2.07. The first kappa shape index (κ1) is 11.2. The molecule has 0 N–H and O–H groups in total. The van der Waals surface area contributed by atoms with E-state index in [1.165, 1.54) is 23.9 Å². The number of fused-ring (bicyclic) bond motifs is 1. The van der Waals surface area contributed by atoms with Crippen molar-refractivity contribution in [3.63, 3.8) is 0 Å². The summed E-state index contributed by atoms with van der Waals surface area (Å²) in [5, 5.41) is 13.2. The Labute approximate surface area is 107 Å². The molecule has 0 atom stereocenters. The van der Waals surface area contributed by atoms with Gasteiger partial charge in [-0.15, -0.1) is 10.2 Å². The van der Waals surface area contributed by atoms with Crippen molar-refractivity contribution in [2.45, 2.75) is 5.16 Å². The van der Waals surface area contributed by atoms with Crippen molar-refractivity contribution >= 4 is 17.4 Å². The minimum Gasteiger partial charge on any atom is -0.207 e. The molecule has 0 aliphatic rings. The molecular weight excluding hydrogens is 251 g/mol. The Morgan fingerprint density at radius 3 is 2.56 bits per heavy atom. The van der Waals surface area contributed by atoms with Gasteiger partial charge in [-0.1, -0.05) is 11.8 Å². The summed E-state index contributed by atoms with van der Waals surface area (Å²) in [4.78, 5) is 0. The van der Waals surface area contributed by atoms with Crippen LogP contribution >= 0.6 is 11.8 Å². The first-order valence-corrected chi connectivity index (χ1v) is 6.53. The Morgan fingerprint density at radius 1 is 1.06 bits per heavy atom. The van der Waals surface area contributed by atoms with Crippen LogP contribution in [-0.4, -0.2) is 26.1 Å². The molecule has 0 amide bonds. The van der Waals surface area contributed by atoms with Gasteiger partial charge in [0.1, 0.15) is 5.82 Å². The van der Waals surface area contributed by atoms with Gasteiger partial charge in [-0.25, -0.2) is 4.39 Å². The zero-order valence-corrected chi connectivity index (χ0v) is 10.4. The molecule has 0 radical (unpaired) electrons. The molecule has 0 aliphatic heterocycles. The second-order valence-electron chi connectivity index (χ2n) is 3.68. The Bertz CT molecular complexity index is 693. The van der Waals surface area contributed by atoms with E-state index in [1.807, 2.05) is 18.4 Å². The van der Waals surface area contributed by atoms with E-state index in [0.717, 1.165) is 16.4 Å². The summed E-state index contributed by atoms with van der Waals surface area (Å²) >= 11 is 1.48. The van der Waals surface area contributed by atoms with E-state index in [-0.39, 0.29) is 5.82 Å². The average Bonchev–Trinajstić information content (AvgIpc) is 2.81. The van der Waals surface area contributed by atoms with E-state index in [0.29, 0.717) is 5.65 Å². The smallest absolute Gasteiger partial charge is 0.207 e. The molecule has 3 rings (SSSR count). The maximum Gasteiger partial charge on any atom is 0.212 e. The van der Waals surface area contributed by atoms with Crippen LogP contribution in [-0.2, 0) is 0 Å². The van der Waals surface area contributed by atoms with Crippen LogP contribution in [0.3, 0.4) is 0 Å². The van der Waals surface area contributed by atoms with Gasteiger partial charge in [-0.05, 0) is 42.7 Å². The third kappa shape index (κ3) is 1.84. The molecule has 18 heavy (non-hydrogen) atoms. The summed E-state index contributed by atoms with van der Waals surface area (Å²) in [5.41, 5.74) is 2.32. The van der Waals surface area contributed by atoms with Gasteiger partial charge in [0.15, 0.2) is 5.65 Å². The summed E-state index contributed by atoms with van der Waals surface area (Å²) < 4.78 is 14.6. The predicted octanol–water partition coefficient (Wildman–Crippen LogP) is 2.65. The van der Waals surface area contributed by atoms with Crippen LogP contribution < -0.4 is 0 Å². The van der Waals surface area contributed by atoms with E-state index in [1.54, 1.807) is 16.6 Å². The van der Waals surface area contributed by atoms with Crippen molar-refractivity contribution in [2.24, 2.45) is 0 Å². The lowest BCUT2D eigenvalue weighted by atomic mass is 10.1. The van der Waals surface area contributed by atoms with E-state index in [9.17, 15) is 4.39 Å². The van der Waals surface area contributed by atoms with E-state index < -0.39 is 0 Å². The minimum atomic E-state index is -0.256. The topological polar surface area (TPSA) is 43.1 Å². The third-order valence-corrected chi connectivity index (χ3v) is 3.18. The summed E-state index contributed by atoms with van der Waals surface area (Å²) in [7, 11) is 0. The molecular formula is C12H9FN4S. The van der Waals surface area contributed by atoms with Crippen LogP contribution in [0, 0.1) is 5.82 Å². The Hall–Kier alpha value is -1.95. The molecule has 3 aromatic rings. The molecule has 0 fully saturated rings. The molecule has 6 heteroatoms. The Morgan fingerprint density at radius 2 is 1.83 bits per heavy atom. The van der Waals surface area contributed by atoms with Crippen LogP contribution in [0.4, 0.5) is 4.39 Å². The number of rotatable bonds is 2. The molecule has 2 heterocycles. The number of benzene rings is 1. The number of aromatic nitrogens is 4. The maximum absolute atomic E-state index is 12.9. The Kier molecular flexibility index (Phi) is 2.71. The number of thioether (sulfide) groups is 1. The predicted molar refractivity (Wildman–Crippen MR) is 68.0 cm³/mol. The summed E-state index contributed by atoms with van der Waals surface area (Å²) in [6, 6.07) is 9.94. The molecule has 0 aliphatic carbocycles. The van der Waals surface area contributed by atoms with E-state index in [2.05, 4.69) is 15.3 Å². The number of hydrogen-bond donors (Lipinski definition) is 0. The van der Waals surface area contributed by atoms with E-state index >= 15 is 0 Å². The molecule has 2 aromatic heterocycles. The monoisotopic (exact) mass is 260 g/mol. The van der Waals surface area contributed by atoms with Gasteiger partial charge in [0.05, 0.1) is 5.69 Å². The molecule has 0 bridgehead atoms. The fourth-order valence-electron chi connectivity index (χ4n) is 1.67. The van der Waals surface area contributed by atoms with Gasteiger partial charge >= 0.3 is 0 Å². The highest BCUT2D eigenvalue weighted by molar-refractivity contribution is 7.98. The molecule has 1 aromatic carbocycles. The van der Waals surface area contributed by atoms with Gasteiger partial charge < -0.3 is 0 Å². The lowest BCUT2D eigenvalue weighted by molar-refractivity contribution is 0.628. The molecule has 0 spiro atoms. The lowest BCUT2D eigenvalue weighted by Gasteiger charge is -2.02. The largest absolute Gasteiger partial charge is 0.212 e. The van der Waals surface area contributed by atoms with Gasteiger partial charge in [0, 0.05) is 5.56 Å². The van der Waals surface area contributed by atoms with Gasteiger partial charge in [-0.3, -0.25) is 0 Å². The van der Waals surface area contributed by atoms with Crippen molar-refractivity contribution in [3.05, 3.63) is 42.2 Å². The highest BCUT2D eigenvalue weighted by atomic mass is 32.2. The summed E-state index contributed by atoms with van der Waals surface area (Å²) in [6.07, 6.45) is 1.92. The van der Waals surface area contributed by atoms with Crippen molar-refractivity contribution < 1.29 is 4.39 Å². The van der Waals surface area contributed by atoms with Gasteiger partial charge in [-0.2, -0.15) is 9.61 Å². The Balaban J connectivity index is 2.14. The quantitative estimate of drug-likeness (QED) is 0.664. The fraction of sp³-hybridized carbons (Fsp3) is 0.0833. The van der Waals surface area contributed by atoms with Crippen LogP contribution in [0.15, 0.2) is 41.6 Å². The maximum atomic E-state index is 12.9. The van der Waals surface area contributed by atoms with Crippen molar-refractivity contribution in [1.29, 1.82) is 0 Å². The fourth-order valence-corrected chi connectivity index (χ4v) is 2.10. The second kappa shape index (κ2) is 4.38. The normalized spacial score (nSPS) is 11.0. The molecule has 0 unspecified atom stereocenters. The second-order valence-corrected chi connectivity index (χ2v) is 4.46. The van der Waals surface area contributed by atoms with Crippen LogP contribution in [0.25, 0.3) is 16.9 Å². The van der Waals surface area contributed by atoms with Crippen LogP contribution in [0.2, 0.25) is 0 Å². The van der Waals surface area contributed by atoms with Crippen LogP contribution in [0.5, 0.6) is 0 Å². The van der Waals surface area contributed by atoms with Crippen molar-refractivity contribution in [2.75, 3.05) is 6.26 Å². The molecule has 90 valence electrons. The average molecular weight is 260 g/mol. The number of hydrogen-bond acceptors (Lipinski definition) is 4. The molecule has 4 nitrogen and oxygen atoms in total. The zero-order chi connectivity index (χ0) is 12.5. The van der Waals surface area contributed by atoms with Crippen molar-refractivity contribution in [3.8, 4) is 11.3 Å². The standard InChI is InChI=1S/C12H9FN4S/c1-18-12-15-14-11-7-6-10(16-17(11)12)8-2-4-9(13)5-3-8/h2-7H,1H3. The third-order valence-electron chi connectivity index (χ3n) is 2.56. The van der Waals surface area contributed by atoms with Crippen molar-refractivity contribution in [1.82, 2.24) is 19.8 Å². The summed E-state index contributed by atoms with van der Waals surface area (Å²) in [5.74, 6) is -0.256. The SMILES string of the molecule is CSc1nnc2ccc(-c3ccc(F)cc3)nn12. The van der Waals surface area contributed by atoms with E-state index in [4.69, 9.17) is 0 Å². The first-order chi connectivity index (χ1) is 8.78. The number of halogens is 1. The minimum absolute atomic E-state index is 0.256. The van der Waals surface area contributed by atoms with Gasteiger partial charge in [0.25, 0.3) is 0 Å². The highest BCUT2D eigenvalue weighted by Crippen LogP contribution is 2.19. The number of nitrogens with zero attached hydrogens (tertiary/aromatic N) is 4. The summed E-state index contributed by atoms with van der Waals surface area (Å²) in [6.45, 7) is 0. The molecule has 0 saturated heterocycles.